The first-order valence-electron chi connectivity index (χ1n) is 16.0. The molecule has 3 aliphatic rings. The zero-order valence-corrected chi connectivity index (χ0v) is 25.1. The van der Waals surface area contributed by atoms with Crippen molar-refractivity contribution in [3.63, 3.8) is 0 Å². The van der Waals surface area contributed by atoms with Gasteiger partial charge in [0.15, 0.2) is 0 Å². The van der Waals surface area contributed by atoms with Crippen LogP contribution in [0.5, 0.6) is 0 Å². The summed E-state index contributed by atoms with van der Waals surface area (Å²) >= 11 is 0. The standard InChI is InChI=1S/C34H48N4O4/c39-33(41-28-31-12-5-2-6-13-31)16-20-35-21-23-37(24-22-35)26-32-27-38(34(40)42-32)17-8-7-9-29-14-18-36(19-15-29)25-30-10-3-1-4-11-30/h1-6,10-13,29,32H,7-9,14-28H2. The molecule has 8 heteroatoms. The molecule has 0 aliphatic carbocycles. The maximum atomic E-state index is 12.5. The summed E-state index contributed by atoms with van der Waals surface area (Å²) in [4.78, 5) is 33.8. The van der Waals surface area contributed by atoms with Crippen molar-refractivity contribution in [3.05, 3.63) is 71.8 Å². The fourth-order valence-corrected chi connectivity index (χ4v) is 6.41. The van der Waals surface area contributed by atoms with Gasteiger partial charge in [-0.1, -0.05) is 73.5 Å². The number of carbonyl (C=O) groups is 2. The van der Waals surface area contributed by atoms with Crippen LogP contribution >= 0.6 is 0 Å². The number of hydrogen-bond donors (Lipinski definition) is 0. The first kappa shape index (κ1) is 30.5. The number of amides is 1. The summed E-state index contributed by atoms with van der Waals surface area (Å²) < 4.78 is 11.1. The monoisotopic (exact) mass is 576 g/mol. The van der Waals surface area contributed by atoms with Crippen LogP contribution in [0.1, 0.15) is 49.7 Å². The fourth-order valence-electron chi connectivity index (χ4n) is 6.41. The van der Waals surface area contributed by atoms with Crippen molar-refractivity contribution in [2.75, 3.05) is 65.4 Å². The molecule has 3 fully saturated rings. The van der Waals surface area contributed by atoms with Crippen LogP contribution in [0.25, 0.3) is 0 Å². The van der Waals surface area contributed by atoms with E-state index in [1.165, 1.54) is 44.3 Å². The van der Waals surface area contributed by atoms with Gasteiger partial charge in [-0.15, -0.1) is 0 Å². The molecule has 1 amide bonds. The minimum Gasteiger partial charge on any atom is -0.461 e. The Morgan fingerprint density at radius 1 is 0.786 bits per heavy atom. The van der Waals surface area contributed by atoms with Gasteiger partial charge in [0.1, 0.15) is 12.7 Å². The number of ether oxygens (including phenoxy) is 2. The van der Waals surface area contributed by atoms with Gasteiger partial charge in [-0.05, 0) is 49.4 Å². The predicted molar refractivity (Wildman–Crippen MR) is 164 cm³/mol. The average molecular weight is 577 g/mol. The van der Waals surface area contributed by atoms with Crippen LogP contribution in [-0.2, 0) is 27.4 Å². The minimum absolute atomic E-state index is 0.0500. The Morgan fingerprint density at radius 3 is 2.17 bits per heavy atom. The number of carbonyl (C=O) groups excluding carboxylic acids is 2. The summed E-state index contributed by atoms with van der Waals surface area (Å²) in [6.45, 7) is 10.5. The second kappa shape index (κ2) is 16.1. The molecular weight excluding hydrogens is 528 g/mol. The Hall–Kier alpha value is -2.94. The van der Waals surface area contributed by atoms with Crippen LogP contribution in [0.2, 0.25) is 0 Å². The van der Waals surface area contributed by atoms with Gasteiger partial charge in [0.25, 0.3) is 0 Å². The molecule has 0 aromatic heterocycles. The summed E-state index contributed by atoms with van der Waals surface area (Å²) in [6, 6.07) is 20.6. The van der Waals surface area contributed by atoms with Gasteiger partial charge in [-0.3, -0.25) is 14.6 Å². The first-order valence-corrected chi connectivity index (χ1v) is 16.0. The maximum absolute atomic E-state index is 12.5. The lowest BCUT2D eigenvalue weighted by Gasteiger charge is -2.35. The highest BCUT2D eigenvalue weighted by Crippen LogP contribution is 2.24. The number of hydrogen-bond acceptors (Lipinski definition) is 7. The molecule has 1 unspecified atom stereocenters. The molecule has 5 rings (SSSR count). The molecule has 1 atom stereocenters. The molecular formula is C34H48N4O4. The lowest BCUT2D eigenvalue weighted by atomic mass is 9.91. The van der Waals surface area contributed by atoms with Crippen molar-refractivity contribution < 1.29 is 19.1 Å². The summed E-state index contributed by atoms with van der Waals surface area (Å²) in [5, 5.41) is 0. The van der Waals surface area contributed by atoms with Gasteiger partial charge < -0.3 is 19.3 Å². The van der Waals surface area contributed by atoms with E-state index in [0.29, 0.717) is 19.6 Å². The highest BCUT2D eigenvalue weighted by atomic mass is 16.6. The summed E-state index contributed by atoms with van der Waals surface area (Å²) in [7, 11) is 0. The lowest BCUT2D eigenvalue weighted by Crippen LogP contribution is -2.49. The molecule has 0 spiro atoms. The topological polar surface area (TPSA) is 65.6 Å². The molecule has 3 aliphatic heterocycles. The van der Waals surface area contributed by atoms with Gasteiger partial charge >= 0.3 is 12.1 Å². The number of rotatable bonds is 14. The Labute approximate surface area is 251 Å². The number of piperazine rings is 1. The third kappa shape index (κ3) is 9.82. The van der Waals surface area contributed by atoms with Gasteiger partial charge in [0.2, 0.25) is 0 Å². The molecule has 0 bridgehead atoms. The highest BCUT2D eigenvalue weighted by molar-refractivity contribution is 5.70. The Bertz CT molecular complexity index is 1090. The number of cyclic esters (lactones) is 1. The smallest absolute Gasteiger partial charge is 0.410 e. The van der Waals surface area contributed by atoms with Crippen LogP contribution in [0.4, 0.5) is 4.79 Å². The number of benzene rings is 2. The van der Waals surface area contributed by atoms with E-state index in [9.17, 15) is 9.59 Å². The van der Waals surface area contributed by atoms with E-state index in [-0.39, 0.29) is 18.2 Å². The van der Waals surface area contributed by atoms with E-state index in [1.807, 2.05) is 35.2 Å². The van der Waals surface area contributed by atoms with Crippen LogP contribution in [0, 0.1) is 5.92 Å². The average Bonchev–Trinajstić information content (AvgIpc) is 3.38. The number of piperidine rings is 1. The van der Waals surface area contributed by atoms with Crippen molar-refractivity contribution in [1.29, 1.82) is 0 Å². The minimum atomic E-state index is -0.151. The number of nitrogens with zero attached hydrogens (tertiary/aromatic N) is 4. The van der Waals surface area contributed by atoms with Crippen molar-refractivity contribution in [3.8, 4) is 0 Å². The first-order chi connectivity index (χ1) is 20.6. The van der Waals surface area contributed by atoms with Crippen LogP contribution in [0.3, 0.4) is 0 Å². The Morgan fingerprint density at radius 2 is 1.45 bits per heavy atom. The quantitative estimate of drug-likeness (QED) is 0.240. The molecule has 0 saturated carbocycles. The van der Waals surface area contributed by atoms with E-state index < -0.39 is 0 Å². The van der Waals surface area contributed by atoms with Crippen LogP contribution < -0.4 is 0 Å². The van der Waals surface area contributed by atoms with Crippen LogP contribution in [-0.4, -0.2) is 103 Å². The zero-order valence-electron chi connectivity index (χ0n) is 25.1. The molecule has 228 valence electrons. The van der Waals surface area contributed by atoms with Crippen molar-refractivity contribution >= 4 is 12.1 Å². The van der Waals surface area contributed by atoms with Gasteiger partial charge in [0.05, 0.1) is 13.0 Å². The number of unbranched alkanes of at least 4 members (excludes halogenated alkanes) is 1. The molecule has 3 saturated heterocycles. The van der Waals surface area contributed by atoms with Crippen LogP contribution in [0.15, 0.2) is 60.7 Å². The van der Waals surface area contributed by atoms with E-state index in [4.69, 9.17) is 9.47 Å². The van der Waals surface area contributed by atoms with E-state index in [2.05, 4.69) is 45.0 Å². The summed E-state index contributed by atoms with van der Waals surface area (Å²) in [6.07, 6.45) is 6.28. The number of esters is 1. The molecule has 3 heterocycles. The third-order valence-corrected chi connectivity index (χ3v) is 9.00. The van der Waals surface area contributed by atoms with Gasteiger partial charge in [-0.2, -0.15) is 0 Å². The predicted octanol–water partition coefficient (Wildman–Crippen LogP) is 4.64. The molecule has 0 N–H and O–H groups in total. The molecule has 2 aromatic carbocycles. The Kier molecular flexibility index (Phi) is 11.7. The highest BCUT2D eigenvalue weighted by Gasteiger charge is 2.33. The largest absolute Gasteiger partial charge is 0.461 e. The fraction of sp³-hybridized carbons (Fsp3) is 0.588. The summed E-state index contributed by atoms with van der Waals surface area (Å²) in [5.74, 6) is 0.664. The SMILES string of the molecule is O=C(CCN1CCN(CC2CN(CCCCC3CCN(Cc4ccccc4)CC3)C(=O)O2)CC1)OCc1ccccc1. The second-order valence-electron chi connectivity index (χ2n) is 12.2. The zero-order chi connectivity index (χ0) is 29.0. The molecule has 8 nitrogen and oxygen atoms in total. The van der Waals surface area contributed by atoms with Gasteiger partial charge in [-0.25, -0.2) is 4.79 Å². The van der Waals surface area contributed by atoms with E-state index >= 15 is 0 Å². The molecule has 42 heavy (non-hydrogen) atoms. The normalized spacial score (nSPS) is 21.0. The van der Waals surface area contributed by atoms with Crippen molar-refractivity contribution in [2.45, 2.75) is 57.8 Å². The molecule has 2 aromatic rings. The van der Waals surface area contributed by atoms with E-state index in [1.54, 1.807) is 0 Å². The van der Waals surface area contributed by atoms with E-state index in [0.717, 1.165) is 70.3 Å². The molecule has 0 radical (unpaired) electrons. The van der Waals surface area contributed by atoms with Crippen molar-refractivity contribution in [1.82, 2.24) is 19.6 Å². The Balaban J connectivity index is 0.891. The number of likely N-dealkylation sites (tertiary alicyclic amines) is 1. The summed E-state index contributed by atoms with van der Waals surface area (Å²) in [5.41, 5.74) is 2.42. The second-order valence-corrected chi connectivity index (χ2v) is 12.2. The lowest BCUT2D eigenvalue weighted by molar-refractivity contribution is -0.145. The van der Waals surface area contributed by atoms with Gasteiger partial charge in [0, 0.05) is 52.4 Å². The third-order valence-electron chi connectivity index (χ3n) is 9.00. The maximum Gasteiger partial charge on any atom is 0.410 e. The van der Waals surface area contributed by atoms with Crippen molar-refractivity contribution in [2.24, 2.45) is 5.92 Å².